The summed E-state index contributed by atoms with van der Waals surface area (Å²) in [4.78, 5) is 12.1. The van der Waals surface area contributed by atoms with Crippen LogP contribution in [0.4, 0.5) is 5.69 Å². The lowest BCUT2D eigenvalue weighted by Gasteiger charge is -2.14. The van der Waals surface area contributed by atoms with E-state index in [0.717, 1.165) is 30.8 Å². The molecule has 0 saturated carbocycles. The van der Waals surface area contributed by atoms with E-state index in [2.05, 4.69) is 20.9 Å². The smallest absolute Gasteiger partial charge is 0.269 e. The highest BCUT2D eigenvalue weighted by molar-refractivity contribution is 7.93. The summed E-state index contributed by atoms with van der Waals surface area (Å²) in [5.41, 5.74) is 5.67. The normalized spacial score (nSPS) is 16.1. The first-order valence-corrected chi connectivity index (χ1v) is 12.2. The van der Waals surface area contributed by atoms with E-state index >= 15 is 0 Å². The lowest BCUT2D eigenvalue weighted by Crippen LogP contribution is -2.48. The molecule has 1 unspecified atom stereocenters. The Bertz CT molecular complexity index is 1020. The highest BCUT2D eigenvalue weighted by atomic mass is 35.5. The molecule has 30 heavy (non-hydrogen) atoms. The van der Waals surface area contributed by atoms with Crippen LogP contribution in [0.3, 0.4) is 0 Å². The summed E-state index contributed by atoms with van der Waals surface area (Å²) in [5.74, 6) is -0.432. The van der Waals surface area contributed by atoms with Crippen molar-refractivity contribution in [2.45, 2.75) is 23.8 Å². The number of rotatable bonds is 6. The summed E-state index contributed by atoms with van der Waals surface area (Å²) >= 11 is 17.8. The average Bonchev–Trinajstić information content (AvgIpc) is 3.34. The molecular weight excluding hydrogens is 491 g/mol. The number of hydrogen-bond donors (Lipinski definition) is 4. The van der Waals surface area contributed by atoms with Crippen LogP contribution in [-0.2, 0) is 14.8 Å². The number of ether oxygens (including phenoxy) is 1. The summed E-state index contributed by atoms with van der Waals surface area (Å²) in [5, 5.41) is 3.25. The quantitative estimate of drug-likeness (QED) is 0.350. The second-order valence-corrected chi connectivity index (χ2v) is 10.6. The Morgan fingerprint density at radius 2 is 1.97 bits per heavy atom. The fourth-order valence-corrected chi connectivity index (χ4v) is 5.99. The molecule has 2 heterocycles. The van der Waals surface area contributed by atoms with E-state index in [1.807, 2.05) is 0 Å². The van der Waals surface area contributed by atoms with Crippen LogP contribution >= 0.6 is 46.8 Å². The van der Waals surface area contributed by atoms with Gasteiger partial charge in [-0.15, -0.1) is 11.3 Å². The zero-order valence-corrected chi connectivity index (χ0v) is 19.4. The summed E-state index contributed by atoms with van der Waals surface area (Å²) in [7, 11) is -3.90. The summed E-state index contributed by atoms with van der Waals surface area (Å²) < 4.78 is 33.1. The molecule has 0 aliphatic carbocycles. The molecule has 1 saturated heterocycles. The SMILES string of the molecule is O=C(NNC(=S)NCC1CCCO1)c1ccc(NS(=O)(=O)c2cc(Cl)sc2Cl)cc1. The van der Waals surface area contributed by atoms with Gasteiger partial charge in [0.15, 0.2) is 5.11 Å². The zero-order valence-electron chi connectivity index (χ0n) is 15.4. The Morgan fingerprint density at radius 1 is 1.23 bits per heavy atom. The second kappa shape index (κ2) is 10.1. The molecule has 0 radical (unpaired) electrons. The Hall–Kier alpha value is -1.63. The number of benzene rings is 1. The molecule has 8 nitrogen and oxygen atoms in total. The van der Waals surface area contributed by atoms with Gasteiger partial charge in [0.05, 0.1) is 10.4 Å². The molecule has 0 spiro atoms. The Kier molecular flexibility index (Phi) is 7.77. The molecule has 4 N–H and O–H groups in total. The van der Waals surface area contributed by atoms with Crippen molar-refractivity contribution in [1.29, 1.82) is 0 Å². The minimum absolute atomic E-state index is 0.0682. The van der Waals surface area contributed by atoms with Crippen molar-refractivity contribution in [3.8, 4) is 0 Å². The first-order valence-electron chi connectivity index (χ1n) is 8.78. The van der Waals surface area contributed by atoms with Crippen molar-refractivity contribution in [2.75, 3.05) is 17.9 Å². The third-order valence-electron chi connectivity index (χ3n) is 4.12. The molecule has 3 rings (SSSR count). The minimum atomic E-state index is -3.90. The number of carbonyl (C=O) groups excluding carboxylic acids is 1. The fraction of sp³-hybridized carbons (Fsp3) is 0.294. The lowest BCUT2D eigenvalue weighted by atomic mass is 10.2. The lowest BCUT2D eigenvalue weighted by molar-refractivity contribution is 0.0943. The highest BCUT2D eigenvalue weighted by Crippen LogP contribution is 2.35. The molecule has 0 bridgehead atoms. The van der Waals surface area contributed by atoms with Gasteiger partial charge >= 0.3 is 0 Å². The maximum Gasteiger partial charge on any atom is 0.269 e. The van der Waals surface area contributed by atoms with Crippen LogP contribution in [0.5, 0.6) is 0 Å². The highest BCUT2D eigenvalue weighted by Gasteiger charge is 2.21. The van der Waals surface area contributed by atoms with Crippen LogP contribution in [0, 0.1) is 0 Å². The predicted molar refractivity (Wildman–Crippen MR) is 122 cm³/mol. The number of thiophene rings is 1. The van der Waals surface area contributed by atoms with Gasteiger partial charge in [0, 0.05) is 24.4 Å². The fourth-order valence-electron chi connectivity index (χ4n) is 2.65. The number of carbonyl (C=O) groups is 1. The van der Waals surface area contributed by atoms with Gasteiger partial charge in [0.2, 0.25) is 0 Å². The first kappa shape index (κ1) is 23.0. The second-order valence-electron chi connectivity index (χ2n) is 6.30. The van der Waals surface area contributed by atoms with Crippen LogP contribution in [0.15, 0.2) is 35.2 Å². The van der Waals surface area contributed by atoms with Crippen LogP contribution in [-0.4, -0.2) is 38.7 Å². The first-order chi connectivity index (χ1) is 14.2. The Morgan fingerprint density at radius 3 is 2.57 bits per heavy atom. The van der Waals surface area contributed by atoms with Crippen LogP contribution in [0.1, 0.15) is 23.2 Å². The maximum atomic E-state index is 12.4. The standard InChI is InChI=1S/C17H18Cl2N4O4S3/c18-14-8-13(15(19)29-14)30(25,26)23-11-5-3-10(4-6-11)16(24)21-22-17(28)20-9-12-2-1-7-27-12/h3-6,8,12,23H,1-2,7,9H2,(H,21,24)(H2,20,22,28). The van der Waals surface area contributed by atoms with E-state index in [4.69, 9.17) is 40.2 Å². The van der Waals surface area contributed by atoms with Gasteiger partial charge in [0.1, 0.15) is 9.23 Å². The summed E-state index contributed by atoms with van der Waals surface area (Å²) in [6, 6.07) is 7.14. The van der Waals surface area contributed by atoms with Gasteiger partial charge in [-0.2, -0.15) is 0 Å². The molecule has 1 aromatic carbocycles. The van der Waals surface area contributed by atoms with Crippen molar-refractivity contribution in [2.24, 2.45) is 0 Å². The van der Waals surface area contributed by atoms with Gasteiger partial charge in [-0.05, 0) is 55.4 Å². The summed E-state index contributed by atoms with van der Waals surface area (Å²) in [6.45, 7) is 1.32. The molecule has 13 heteroatoms. The molecule has 2 aromatic rings. The third kappa shape index (κ3) is 6.19. The minimum Gasteiger partial charge on any atom is -0.376 e. The molecule has 1 aliphatic rings. The number of hydrogen-bond acceptors (Lipinski definition) is 6. The van der Waals surface area contributed by atoms with Crippen molar-refractivity contribution >= 4 is 73.5 Å². The predicted octanol–water partition coefficient (Wildman–Crippen LogP) is 3.14. The Balaban J connectivity index is 1.51. The molecule has 1 atom stereocenters. The van der Waals surface area contributed by atoms with Gasteiger partial charge in [-0.1, -0.05) is 23.2 Å². The maximum absolute atomic E-state index is 12.4. The van der Waals surface area contributed by atoms with E-state index in [-0.39, 0.29) is 30.5 Å². The van der Waals surface area contributed by atoms with Crippen molar-refractivity contribution in [3.63, 3.8) is 0 Å². The van der Waals surface area contributed by atoms with Crippen LogP contribution in [0.2, 0.25) is 8.67 Å². The number of sulfonamides is 1. The van der Waals surface area contributed by atoms with Gasteiger partial charge in [-0.3, -0.25) is 20.4 Å². The van der Waals surface area contributed by atoms with Crippen LogP contribution < -0.4 is 20.9 Å². The third-order valence-corrected chi connectivity index (χ3v) is 7.50. The average molecular weight is 509 g/mol. The molecule has 162 valence electrons. The van der Waals surface area contributed by atoms with E-state index in [0.29, 0.717) is 12.1 Å². The monoisotopic (exact) mass is 508 g/mol. The molecule has 1 fully saturated rings. The molecular formula is C17H18Cl2N4O4S3. The van der Waals surface area contributed by atoms with E-state index < -0.39 is 15.9 Å². The Labute approximate surface area is 193 Å². The molecule has 1 aliphatic heterocycles. The summed E-state index contributed by atoms with van der Waals surface area (Å²) in [6.07, 6.45) is 2.13. The van der Waals surface area contributed by atoms with Crippen molar-refractivity contribution in [3.05, 3.63) is 44.6 Å². The van der Waals surface area contributed by atoms with E-state index in [1.54, 1.807) is 0 Å². The van der Waals surface area contributed by atoms with E-state index in [9.17, 15) is 13.2 Å². The topological polar surface area (TPSA) is 109 Å². The number of hydrazine groups is 1. The molecule has 1 amide bonds. The van der Waals surface area contributed by atoms with Gasteiger partial charge in [0.25, 0.3) is 15.9 Å². The number of halogens is 2. The number of amides is 1. The van der Waals surface area contributed by atoms with Gasteiger partial charge in [-0.25, -0.2) is 8.42 Å². The van der Waals surface area contributed by atoms with Gasteiger partial charge < -0.3 is 10.1 Å². The van der Waals surface area contributed by atoms with Crippen molar-refractivity contribution in [1.82, 2.24) is 16.2 Å². The number of thiocarbonyl (C=S) groups is 1. The van der Waals surface area contributed by atoms with Crippen LogP contribution in [0.25, 0.3) is 0 Å². The number of anilines is 1. The van der Waals surface area contributed by atoms with Crippen molar-refractivity contribution < 1.29 is 17.9 Å². The zero-order chi connectivity index (χ0) is 21.7. The van der Waals surface area contributed by atoms with E-state index in [1.165, 1.54) is 30.3 Å². The number of nitrogens with one attached hydrogen (secondary N) is 4. The largest absolute Gasteiger partial charge is 0.376 e. The molecule has 1 aromatic heterocycles.